The van der Waals surface area contributed by atoms with Crippen LogP contribution in [-0.2, 0) is 0 Å². The predicted octanol–water partition coefficient (Wildman–Crippen LogP) is 3.80. The van der Waals surface area contributed by atoms with Gasteiger partial charge in [-0.2, -0.15) is 5.26 Å². The van der Waals surface area contributed by atoms with Crippen LogP contribution < -0.4 is 9.47 Å². The van der Waals surface area contributed by atoms with E-state index in [4.69, 9.17) is 26.3 Å². The Morgan fingerprint density at radius 3 is 2.53 bits per heavy atom. The van der Waals surface area contributed by atoms with Crippen molar-refractivity contribution in [3.05, 3.63) is 47.1 Å². The summed E-state index contributed by atoms with van der Waals surface area (Å²) in [4.78, 5) is 4.00. The highest BCUT2D eigenvalue weighted by molar-refractivity contribution is 6.33. The molecule has 1 aromatic heterocycles. The van der Waals surface area contributed by atoms with Crippen molar-refractivity contribution in [2.75, 3.05) is 6.61 Å². The van der Waals surface area contributed by atoms with Gasteiger partial charge in [0.1, 0.15) is 22.6 Å². The molecule has 19 heavy (non-hydrogen) atoms. The number of nitrogens with zero attached hydrogens (tertiary/aromatic N) is 2. The molecule has 5 heteroatoms. The minimum atomic E-state index is 0.207. The van der Waals surface area contributed by atoms with E-state index in [1.54, 1.807) is 24.3 Å². The average molecular weight is 275 g/mol. The van der Waals surface area contributed by atoms with Gasteiger partial charge in [0.05, 0.1) is 12.2 Å². The molecule has 0 N–H and O–H groups in total. The summed E-state index contributed by atoms with van der Waals surface area (Å²) in [6, 6.07) is 10.6. The predicted molar refractivity (Wildman–Crippen MR) is 71.6 cm³/mol. The number of benzene rings is 1. The Labute approximate surface area is 116 Å². The van der Waals surface area contributed by atoms with Crippen molar-refractivity contribution in [3.63, 3.8) is 0 Å². The van der Waals surface area contributed by atoms with Crippen molar-refractivity contribution in [1.82, 2.24) is 4.98 Å². The molecule has 0 spiro atoms. The molecule has 0 aliphatic carbocycles. The minimum absolute atomic E-state index is 0.207. The van der Waals surface area contributed by atoms with Gasteiger partial charge in [-0.3, -0.25) is 0 Å². The fourth-order valence-corrected chi connectivity index (χ4v) is 1.66. The van der Waals surface area contributed by atoms with Crippen LogP contribution >= 0.6 is 11.6 Å². The number of hydrogen-bond donors (Lipinski definition) is 0. The molecule has 0 radical (unpaired) electrons. The third-order valence-corrected chi connectivity index (χ3v) is 2.69. The normalized spacial score (nSPS) is 9.74. The molecule has 0 atom stereocenters. The summed E-state index contributed by atoms with van der Waals surface area (Å²) in [7, 11) is 0. The molecule has 0 fully saturated rings. The van der Waals surface area contributed by atoms with E-state index < -0.39 is 0 Å². The van der Waals surface area contributed by atoms with Crippen LogP contribution in [0.3, 0.4) is 0 Å². The van der Waals surface area contributed by atoms with Gasteiger partial charge in [-0.25, -0.2) is 4.98 Å². The Bertz CT molecular complexity index is 606. The van der Waals surface area contributed by atoms with Gasteiger partial charge in [-0.1, -0.05) is 11.6 Å². The third-order valence-electron chi connectivity index (χ3n) is 2.33. The lowest BCUT2D eigenvalue weighted by molar-refractivity contribution is 0.339. The Hall–Kier alpha value is -2.25. The second kappa shape index (κ2) is 6.07. The van der Waals surface area contributed by atoms with E-state index in [2.05, 4.69) is 4.98 Å². The van der Waals surface area contributed by atoms with Crippen LogP contribution in [0.1, 0.15) is 12.5 Å². The summed E-state index contributed by atoms with van der Waals surface area (Å²) in [5.74, 6) is 1.55. The van der Waals surface area contributed by atoms with Gasteiger partial charge in [-0.15, -0.1) is 0 Å². The molecule has 1 heterocycles. The van der Waals surface area contributed by atoms with Gasteiger partial charge < -0.3 is 9.47 Å². The first kappa shape index (κ1) is 13.2. The van der Waals surface area contributed by atoms with Crippen LogP contribution in [0.15, 0.2) is 36.5 Å². The number of aromatic nitrogens is 1. The second-order valence-corrected chi connectivity index (χ2v) is 3.97. The number of nitriles is 1. The van der Waals surface area contributed by atoms with Crippen molar-refractivity contribution in [2.24, 2.45) is 0 Å². The fourth-order valence-electron chi connectivity index (χ4n) is 1.46. The average Bonchev–Trinajstić information content (AvgIpc) is 2.43. The Morgan fingerprint density at radius 2 is 1.89 bits per heavy atom. The topological polar surface area (TPSA) is 55.1 Å². The van der Waals surface area contributed by atoms with E-state index in [1.807, 2.05) is 13.0 Å². The standard InChI is InChI=1S/C14H11ClN2O2/c1-2-18-11-3-5-12(6-4-11)19-14-13(15)10(9-16)7-8-17-14/h3-8H,2H2,1H3. The fraction of sp³-hybridized carbons (Fsp3) is 0.143. The van der Waals surface area contributed by atoms with Crippen LogP contribution in [0, 0.1) is 11.3 Å². The molecule has 4 nitrogen and oxygen atoms in total. The lowest BCUT2D eigenvalue weighted by Gasteiger charge is -2.08. The molecule has 0 amide bonds. The zero-order chi connectivity index (χ0) is 13.7. The summed E-state index contributed by atoms with van der Waals surface area (Å²) in [5, 5.41) is 9.08. The molecule has 0 bridgehead atoms. The first-order valence-corrected chi connectivity index (χ1v) is 6.07. The van der Waals surface area contributed by atoms with Crippen LogP contribution in [0.4, 0.5) is 0 Å². The molecule has 0 aliphatic rings. The van der Waals surface area contributed by atoms with Crippen molar-refractivity contribution < 1.29 is 9.47 Å². The van der Waals surface area contributed by atoms with Crippen molar-refractivity contribution >= 4 is 11.6 Å². The Balaban J connectivity index is 2.19. The summed E-state index contributed by atoms with van der Waals surface area (Å²) >= 11 is 6.01. The van der Waals surface area contributed by atoms with Crippen molar-refractivity contribution in [2.45, 2.75) is 6.92 Å². The zero-order valence-electron chi connectivity index (χ0n) is 10.3. The highest BCUT2D eigenvalue weighted by atomic mass is 35.5. The summed E-state index contributed by atoms with van der Waals surface area (Å²) < 4.78 is 10.9. The van der Waals surface area contributed by atoms with Gasteiger partial charge in [0.25, 0.3) is 0 Å². The summed E-state index contributed by atoms with van der Waals surface area (Å²) in [5.41, 5.74) is 0.331. The van der Waals surface area contributed by atoms with Gasteiger partial charge in [-0.05, 0) is 37.3 Å². The zero-order valence-corrected chi connectivity index (χ0v) is 11.0. The van der Waals surface area contributed by atoms with E-state index >= 15 is 0 Å². The van der Waals surface area contributed by atoms with Crippen molar-refractivity contribution in [1.29, 1.82) is 5.26 Å². The molecule has 0 saturated carbocycles. The Morgan fingerprint density at radius 1 is 1.21 bits per heavy atom. The van der Waals surface area contributed by atoms with E-state index in [9.17, 15) is 0 Å². The highest BCUT2D eigenvalue weighted by Crippen LogP contribution is 2.30. The van der Waals surface area contributed by atoms with Gasteiger partial charge in [0.2, 0.25) is 5.88 Å². The van der Waals surface area contributed by atoms with E-state index in [-0.39, 0.29) is 10.9 Å². The summed E-state index contributed by atoms with van der Waals surface area (Å²) in [6.45, 7) is 2.53. The summed E-state index contributed by atoms with van der Waals surface area (Å²) in [6.07, 6.45) is 1.48. The van der Waals surface area contributed by atoms with E-state index in [1.165, 1.54) is 12.3 Å². The quantitative estimate of drug-likeness (QED) is 0.851. The monoisotopic (exact) mass is 274 g/mol. The molecule has 0 aliphatic heterocycles. The Kier molecular flexibility index (Phi) is 4.22. The largest absolute Gasteiger partial charge is 0.494 e. The number of halogens is 1. The molecular weight excluding hydrogens is 264 g/mol. The highest BCUT2D eigenvalue weighted by Gasteiger charge is 2.09. The number of hydrogen-bond acceptors (Lipinski definition) is 4. The van der Waals surface area contributed by atoms with Gasteiger partial charge >= 0.3 is 0 Å². The first-order chi connectivity index (χ1) is 9.24. The maximum absolute atomic E-state index is 8.87. The lowest BCUT2D eigenvalue weighted by atomic mass is 10.3. The maximum atomic E-state index is 8.87. The van der Waals surface area contributed by atoms with Gasteiger partial charge in [0.15, 0.2) is 0 Å². The molecular formula is C14H11ClN2O2. The van der Waals surface area contributed by atoms with Crippen molar-refractivity contribution in [3.8, 4) is 23.4 Å². The van der Waals surface area contributed by atoms with Crippen LogP contribution in [0.5, 0.6) is 17.4 Å². The number of pyridine rings is 1. The molecule has 0 unspecified atom stereocenters. The third kappa shape index (κ3) is 3.15. The van der Waals surface area contributed by atoms with Gasteiger partial charge in [0, 0.05) is 6.20 Å². The molecule has 96 valence electrons. The van der Waals surface area contributed by atoms with Crippen LogP contribution in [-0.4, -0.2) is 11.6 Å². The maximum Gasteiger partial charge on any atom is 0.239 e. The van der Waals surface area contributed by atoms with E-state index in [0.29, 0.717) is 17.9 Å². The smallest absolute Gasteiger partial charge is 0.239 e. The van der Waals surface area contributed by atoms with Crippen LogP contribution in [0.25, 0.3) is 0 Å². The lowest BCUT2D eigenvalue weighted by Crippen LogP contribution is -1.93. The van der Waals surface area contributed by atoms with E-state index in [0.717, 1.165) is 5.75 Å². The van der Waals surface area contributed by atoms with Crippen LogP contribution in [0.2, 0.25) is 5.02 Å². The number of rotatable bonds is 4. The SMILES string of the molecule is CCOc1ccc(Oc2nccc(C#N)c2Cl)cc1. The second-order valence-electron chi connectivity index (χ2n) is 3.60. The number of ether oxygens (including phenoxy) is 2. The minimum Gasteiger partial charge on any atom is -0.494 e. The molecule has 2 rings (SSSR count). The first-order valence-electron chi connectivity index (χ1n) is 5.70. The molecule has 1 aromatic carbocycles. The molecule has 0 saturated heterocycles. The molecule has 2 aromatic rings.